The van der Waals surface area contributed by atoms with Crippen LogP contribution in [0.4, 0.5) is 0 Å². The van der Waals surface area contributed by atoms with Gasteiger partial charge in [0.2, 0.25) is 0 Å². The van der Waals surface area contributed by atoms with Crippen LogP contribution >= 0.6 is 0 Å². The molecule has 1 amide bonds. The van der Waals surface area contributed by atoms with Gasteiger partial charge in [0.1, 0.15) is 0 Å². The Hall–Kier alpha value is -1.81. The Labute approximate surface area is 124 Å². The van der Waals surface area contributed by atoms with Gasteiger partial charge >= 0.3 is 0 Å². The van der Waals surface area contributed by atoms with Crippen LogP contribution in [0, 0.1) is 6.92 Å². The molecule has 0 unspecified atom stereocenters. The number of hydrogen-bond donors (Lipinski definition) is 2. The lowest BCUT2D eigenvalue weighted by Gasteiger charge is -2.28. The first-order valence-electron chi connectivity index (χ1n) is 7.71. The van der Waals surface area contributed by atoms with Crippen molar-refractivity contribution >= 4 is 16.8 Å². The molecule has 1 aliphatic rings. The molecule has 4 heteroatoms. The van der Waals surface area contributed by atoms with Crippen LogP contribution in [0.3, 0.4) is 0 Å². The van der Waals surface area contributed by atoms with Crippen molar-refractivity contribution in [2.45, 2.75) is 38.6 Å². The molecule has 21 heavy (non-hydrogen) atoms. The standard InChI is InChI=1S/C17H22N2O2/c1-12-16(14-8-4-5-9-15(14)18-12)17(21)19(10-11-20)13-6-2-3-7-13/h4-5,8-9,13,18,20H,2-3,6-7,10-11H2,1H3. The summed E-state index contributed by atoms with van der Waals surface area (Å²) in [6, 6.07) is 8.17. The third kappa shape index (κ3) is 2.56. The molecule has 112 valence electrons. The number of aliphatic hydroxyl groups is 1. The van der Waals surface area contributed by atoms with Gasteiger partial charge < -0.3 is 15.0 Å². The van der Waals surface area contributed by atoms with E-state index in [1.807, 2.05) is 36.1 Å². The number of aromatic amines is 1. The zero-order valence-corrected chi connectivity index (χ0v) is 12.4. The Morgan fingerprint density at radius 2 is 2.05 bits per heavy atom. The molecule has 2 aromatic rings. The van der Waals surface area contributed by atoms with Crippen molar-refractivity contribution in [3.8, 4) is 0 Å². The SMILES string of the molecule is Cc1[nH]c2ccccc2c1C(=O)N(CCO)C1CCCC1. The monoisotopic (exact) mass is 286 g/mol. The molecule has 2 N–H and O–H groups in total. The van der Waals surface area contributed by atoms with Crippen molar-refractivity contribution in [1.29, 1.82) is 0 Å². The molecule has 1 aromatic carbocycles. The van der Waals surface area contributed by atoms with Crippen LogP contribution in [-0.2, 0) is 0 Å². The molecule has 4 nitrogen and oxygen atoms in total. The highest BCUT2D eigenvalue weighted by Crippen LogP contribution is 2.28. The molecule has 1 aromatic heterocycles. The lowest BCUT2D eigenvalue weighted by molar-refractivity contribution is 0.0639. The van der Waals surface area contributed by atoms with Crippen LogP contribution in [0.5, 0.6) is 0 Å². The maximum absolute atomic E-state index is 13.0. The Balaban J connectivity index is 1.99. The van der Waals surface area contributed by atoms with E-state index in [-0.39, 0.29) is 18.6 Å². The maximum atomic E-state index is 13.0. The van der Waals surface area contributed by atoms with Gasteiger partial charge in [0.15, 0.2) is 0 Å². The smallest absolute Gasteiger partial charge is 0.256 e. The molecule has 1 saturated carbocycles. The van der Waals surface area contributed by atoms with Gasteiger partial charge in [0.05, 0.1) is 12.2 Å². The zero-order chi connectivity index (χ0) is 14.8. The number of H-pyrrole nitrogens is 1. The Kier molecular flexibility index (Phi) is 3.97. The quantitative estimate of drug-likeness (QED) is 0.908. The van der Waals surface area contributed by atoms with Crippen molar-refractivity contribution in [3.05, 3.63) is 35.5 Å². The van der Waals surface area contributed by atoms with E-state index in [2.05, 4.69) is 4.98 Å². The summed E-state index contributed by atoms with van der Waals surface area (Å²) in [5.41, 5.74) is 2.65. The summed E-state index contributed by atoms with van der Waals surface area (Å²) in [5.74, 6) is 0.0471. The second-order valence-electron chi connectivity index (χ2n) is 5.83. The number of benzene rings is 1. The molecule has 0 bridgehead atoms. The summed E-state index contributed by atoms with van der Waals surface area (Å²) in [7, 11) is 0. The van der Waals surface area contributed by atoms with Gasteiger partial charge in [-0.05, 0) is 25.8 Å². The number of carbonyl (C=O) groups excluding carboxylic acids is 1. The number of fused-ring (bicyclic) bond motifs is 1. The lowest BCUT2D eigenvalue weighted by atomic mass is 10.1. The fourth-order valence-corrected chi connectivity index (χ4v) is 3.47. The number of aryl methyl sites for hydroxylation is 1. The summed E-state index contributed by atoms with van der Waals surface area (Å²) >= 11 is 0. The van der Waals surface area contributed by atoms with Crippen molar-refractivity contribution < 1.29 is 9.90 Å². The summed E-state index contributed by atoms with van der Waals surface area (Å²) < 4.78 is 0. The predicted octanol–water partition coefficient (Wildman–Crippen LogP) is 2.85. The van der Waals surface area contributed by atoms with Crippen LogP contribution < -0.4 is 0 Å². The number of nitrogens with one attached hydrogen (secondary N) is 1. The second-order valence-corrected chi connectivity index (χ2v) is 5.83. The first kappa shape index (κ1) is 14.1. The van der Waals surface area contributed by atoms with Gasteiger partial charge in [-0.2, -0.15) is 0 Å². The Morgan fingerprint density at radius 3 is 2.76 bits per heavy atom. The molecule has 3 rings (SSSR count). The summed E-state index contributed by atoms with van der Waals surface area (Å²) in [6.45, 7) is 2.38. The van der Waals surface area contributed by atoms with Gasteiger partial charge in [-0.15, -0.1) is 0 Å². The third-order valence-corrected chi connectivity index (χ3v) is 4.47. The first-order chi connectivity index (χ1) is 10.2. The van der Waals surface area contributed by atoms with Gasteiger partial charge in [-0.3, -0.25) is 4.79 Å². The fourth-order valence-electron chi connectivity index (χ4n) is 3.47. The average Bonchev–Trinajstić information content (AvgIpc) is 3.10. The summed E-state index contributed by atoms with van der Waals surface area (Å²) in [6.07, 6.45) is 4.44. The molecule has 0 aliphatic heterocycles. The normalized spacial score (nSPS) is 15.7. The lowest BCUT2D eigenvalue weighted by Crippen LogP contribution is -2.41. The maximum Gasteiger partial charge on any atom is 0.256 e. The molecule has 1 fully saturated rings. The number of rotatable bonds is 4. The van der Waals surface area contributed by atoms with E-state index in [4.69, 9.17) is 0 Å². The average molecular weight is 286 g/mol. The predicted molar refractivity (Wildman–Crippen MR) is 83.4 cm³/mol. The van der Waals surface area contributed by atoms with Crippen molar-refractivity contribution in [2.75, 3.05) is 13.2 Å². The highest BCUT2D eigenvalue weighted by atomic mass is 16.3. The van der Waals surface area contributed by atoms with Crippen LogP contribution in [0.25, 0.3) is 10.9 Å². The zero-order valence-electron chi connectivity index (χ0n) is 12.4. The fraction of sp³-hybridized carbons (Fsp3) is 0.471. The molecule has 0 spiro atoms. The van der Waals surface area contributed by atoms with E-state index in [0.717, 1.165) is 35.0 Å². The highest BCUT2D eigenvalue weighted by Gasteiger charge is 2.29. The van der Waals surface area contributed by atoms with E-state index in [1.165, 1.54) is 12.8 Å². The largest absolute Gasteiger partial charge is 0.395 e. The van der Waals surface area contributed by atoms with Crippen LogP contribution in [0.1, 0.15) is 41.7 Å². The van der Waals surface area contributed by atoms with E-state index < -0.39 is 0 Å². The minimum Gasteiger partial charge on any atom is -0.395 e. The van der Waals surface area contributed by atoms with Gasteiger partial charge in [0.25, 0.3) is 5.91 Å². The molecule has 0 radical (unpaired) electrons. The van der Waals surface area contributed by atoms with E-state index >= 15 is 0 Å². The summed E-state index contributed by atoms with van der Waals surface area (Å²) in [4.78, 5) is 18.2. The molecule has 0 saturated heterocycles. The number of aromatic nitrogens is 1. The number of nitrogens with zero attached hydrogens (tertiary/aromatic N) is 1. The number of hydrogen-bond acceptors (Lipinski definition) is 2. The third-order valence-electron chi connectivity index (χ3n) is 4.47. The van der Waals surface area contributed by atoms with Gasteiger partial charge in [0, 0.05) is 29.2 Å². The molecule has 0 atom stereocenters. The molecule has 1 heterocycles. The van der Waals surface area contributed by atoms with Crippen molar-refractivity contribution in [3.63, 3.8) is 0 Å². The van der Waals surface area contributed by atoms with Crippen molar-refractivity contribution in [2.24, 2.45) is 0 Å². The Bertz CT molecular complexity index is 641. The highest BCUT2D eigenvalue weighted by molar-refractivity contribution is 6.08. The van der Waals surface area contributed by atoms with E-state index in [9.17, 15) is 9.90 Å². The van der Waals surface area contributed by atoms with Crippen LogP contribution in [-0.4, -0.2) is 40.1 Å². The molecular formula is C17H22N2O2. The summed E-state index contributed by atoms with van der Waals surface area (Å²) in [5, 5.41) is 10.3. The first-order valence-corrected chi connectivity index (χ1v) is 7.71. The minimum absolute atomic E-state index is 0.0175. The number of amides is 1. The molecule has 1 aliphatic carbocycles. The topological polar surface area (TPSA) is 56.3 Å². The second kappa shape index (κ2) is 5.90. The molecular weight excluding hydrogens is 264 g/mol. The number of carbonyl (C=O) groups is 1. The van der Waals surface area contributed by atoms with Crippen LogP contribution in [0.15, 0.2) is 24.3 Å². The van der Waals surface area contributed by atoms with Crippen LogP contribution in [0.2, 0.25) is 0 Å². The number of para-hydroxylation sites is 1. The van der Waals surface area contributed by atoms with Crippen molar-refractivity contribution in [1.82, 2.24) is 9.88 Å². The van der Waals surface area contributed by atoms with Gasteiger partial charge in [-0.1, -0.05) is 31.0 Å². The van der Waals surface area contributed by atoms with Gasteiger partial charge in [-0.25, -0.2) is 0 Å². The van der Waals surface area contributed by atoms with E-state index in [1.54, 1.807) is 0 Å². The minimum atomic E-state index is 0.0175. The number of aliphatic hydroxyl groups excluding tert-OH is 1. The van der Waals surface area contributed by atoms with E-state index in [0.29, 0.717) is 6.54 Å². The Morgan fingerprint density at radius 1 is 1.33 bits per heavy atom.